The molecule has 0 aliphatic carbocycles. The SMILES string of the molecule is O=C(CSCc1ccccc1Br)N/N=C/c1ccccc1O. The van der Waals surface area contributed by atoms with Gasteiger partial charge in [0, 0.05) is 15.8 Å². The molecule has 6 heteroatoms. The second kappa shape index (κ2) is 8.60. The van der Waals surface area contributed by atoms with Gasteiger partial charge in [-0.25, -0.2) is 5.43 Å². The van der Waals surface area contributed by atoms with Crippen LogP contribution in [-0.4, -0.2) is 23.0 Å². The Kier molecular flexibility index (Phi) is 6.48. The van der Waals surface area contributed by atoms with Crippen LogP contribution in [0, 0.1) is 0 Å². The summed E-state index contributed by atoms with van der Waals surface area (Å²) in [7, 11) is 0. The van der Waals surface area contributed by atoms with Gasteiger partial charge in [-0.15, -0.1) is 11.8 Å². The predicted octanol–water partition coefficient (Wildman–Crippen LogP) is 3.54. The molecular weight excluding hydrogens is 364 g/mol. The van der Waals surface area contributed by atoms with E-state index in [0.717, 1.165) is 15.8 Å². The first-order valence-electron chi connectivity index (χ1n) is 6.58. The van der Waals surface area contributed by atoms with Gasteiger partial charge in [-0.05, 0) is 23.8 Å². The third kappa shape index (κ3) is 5.20. The van der Waals surface area contributed by atoms with Crippen LogP contribution in [-0.2, 0) is 10.5 Å². The van der Waals surface area contributed by atoms with Crippen LogP contribution in [0.1, 0.15) is 11.1 Å². The zero-order valence-corrected chi connectivity index (χ0v) is 14.1. The molecule has 0 fully saturated rings. The maximum absolute atomic E-state index is 11.7. The monoisotopic (exact) mass is 378 g/mol. The minimum atomic E-state index is -0.177. The second-order valence-electron chi connectivity index (χ2n) is 4.44. The number of hydrogen-bond donors (Lipinski definition) is 2. The maximum atomic E-state index is 11.7. The first-order valence-corrected chi connectivity index (χ1v) is 8.52. The first kappa shape index (κ1) is 16.6. The third-order valence-electron chi connectivity index (χ3n) is 2.78. The molecule has 4 nitrogen and oxygen atoms in total. The number of phenolic OH excluding ortho intramolecular Hbond substituents is 1. The number of benzene rings is 2. The number of thioether (sulfide) groups is 1. The van der Waals surface area contributed by atoms with Gasteiger partial charge in [-0.2, -0.15) is 5.10 Å². The van der Waals surface area contributed by atoms with E-state index in [-0.39, 0.29) is 11.7 Å². The molecule has 0 aromatic heterocycles. The molecule has 0 atom stereocenters. The lowest BCUT2D eigenvalue weighted by Gasteiger charge is -2.03. The lowest BCUT2D eigenvalue weighted by atomic mass is 10.2. The van der Waals surface area contributed by atoms with Crippen molar-refractivity contribution >= 4 is 39.8 Å². The summed E-state index contributed by atoms with van der Waals surface area (Å²) in [6.45, 7) is 0. The van der Waals surface area contributed by atoms with Gasteiger partial charge in [-0.1, -0.05) is 46.3 Å². The highest BCUT2D eigenvalue weighted by atomic mass is 79.9. The van der Waals surface area contributed by atoms with E-state index in [1.807, 2.05) is 24.3 Å². The standard InChI is InChI=1S/C16H15BrN2O2S/c17-14-7-3-1-6-13(14)10-22-11-16(21)19-18-9-12-5-2-4-8-15(12)20/h1-9,20H,10-11H2,(H,19,21)/b18-9+. The van der Waals surface area contributed by atoms with Gasteiger partial charge >= 0.3 is 0 Å². The van der Waals surface area contributed by atoms with E-state index in [4.69, 9.17) is 0 Å². The summed E-state index contributed by atoms with van der Waals surface area (Å²) >= 11 is 4.99. The molecule has 0 unspecified atom stereocenters. The molecule has 0 aliphatic rings. The van der Waals surface area contributed by atoms with Gasteiger partial charge in [-0.3, -0.25) is 4.79 Å². The van der Waals surface area contributed by atoms with E-state index in [2.05, 4.69) is 26.5 Å². The van der Waals surface area contributed by atoms with Gasteiger partial charge in [0.15, 0.2) is 0 Å². The van der Waals surface area contributed by atoms with Crippen molar-refractivity contribution in [1.29, 1.82) is 0 Å². The van der Waals surface area contributed by atoms with Gasteiger partial charge in [0.2, 0.25) is 5.91 Å². The third-order valence-corrected chi connectivity index (χ3v) is 4.53. The summed E-state index contributed by atoms with van der Waals surface area (Å²) < 4.78 is 1.04. The molecule has 114 valence electrons. The van der Waals surface area contributed by atoms with Crippen molar-refractivity contribution in [2.75, 3.05) is 5.75 Å². The van der Waals surface area contributed by atoms with Gasteiger partial charge < -0.3 is 5.11 Å². The van der Waals surface area contributed by atoms with E-state index < -0.39 is 0 Å². The molecule has 2 aromatic carbocycles. The Morgan fingerprint density at radius 3 is 2.73 bits per heavy atom. The minimum Gasteiger partial charge on any atom is -0.507 e. The van der Waals surface area contributed by atoms with Crippen molar-refractivity contribution in [2.24, 2.45) is 5.10 Å². The predicted molar refractivity (Wildman–Crippen MR) is 94.1 cm³/mol. The molecule has 0 spiro atoms. The Hall–Kier alpha value is -1.79. The van der Waals surface area contributed by atoms with Crippen LogP contribution in [0.3, 0.4) is 0 Å². The number of carbonyl (C=O) groups excluding carboxylic acids is 1. The zero-order chi connectivity index (χ0) is 15.8. The fourth-order valence-electron chi connectivity index (χ4n) is 1.67. The fraction of sp³-hybridized carbons (Fsp3) is 0.125. The Labute approximate surface area is 141 Å². The van der Waals surface area contributed by atoms with Crippen molar-refractivity contribution in [1.82, 2.24) is 5.43 Å². The molecule has 0 saturated carbocycles. The number of amides is 1. The number of nitrogens with zero attached hydrogens (tertiary/aromatic N) is 1. The lowest BCUT2D eigenvalue weighted by molar-refractivity contribution is -0.118. The fourth-order valence-corrected chi connectivity index (χ4v) is 3.11. The first-order chi connectivity index (χ1) is 10.7. The minimum absolute atomic E-state index is 0.129. The smallest absolute Gasteiger partial charge is 0.250 e. The Morgan fingerprint density at radius 2 is 1.95 bits per heavy atom. The Balaban J connectivity index is 1.75. The van der Waals surface area contributed by atoms with E-state index in [1.54, 1.807) is 24.3 Å². The van der Waals surface area contributed by atoms with Crippen molar-refractivity contribution in [3.05, 3.63) is 64.1 Å². The number of hydrogen-bond acceptors (Lipinski definition) is 4. The van der Waals surface area contributed by atoms with E-state index >= 15 is 0 Å². The number of para-hydroxylation sites is 1. The average Bonchev–Trinajstić information content (AvgIpc) is 2.51. The average molecular weight is 379 g/mol. The zero-order valence-electron chi connectivity index (χ0n) is 11.7. The molecule has 0 aliphatic heterocycles. The molecule has 0 heterocycles. The molecule has 2 N–H and O–H groups in total. The Bertz CT molecular complexity index is 677. The van der Waals surface area contributed by atoms with Crippen molar-refractivity contribution in [3.8, 4) is 5.75 Å². The number of rotatable bonds is 6. The van der Waals surface area contributed by atoms with Gasteiger partial charge in [0.05, 0.1) is 12.0 Å². The molecule has 0 radical (unpaired) electrons. The summed E-state index contributed by atoms with van der Waals surface area (Å²) in [5.41, 5.74) is 4.16. The quantitative estimate of drug-likeness (QED) is 0.596. The van der Waals surface area contributed by atoms with Crippen LogP contribution in [0.2, 0.25) is 0 Å². The van der Waals surface area contributed by atoms with Crippen molar-refractivity contribution in [3.63, 3.8) is 0 Å². The highest BCUT2D eigenvalue weighted by Gasteiger charge is 2.03. The van der Waals surface area contributed by atoms with E-state index in [0.29, 0.717) is 11.3 Å². The summed E-state index contributed by atoms with van der Waals surface area (Å²) in [6, 6.07) is 14.7. The number of nitrogens with one attached hydrogen (secondary N) is 1. The van der Waals surface area contributed by atoms with E-state index in [1.165, 1.54) is 18.0 Å². The summed E-state index contributed by atoms with van der Waals surface area (Å²) in [6.07, 6.45) is 1.42. The summed E-state index contributed by atoms with van der Waals surface area (Å²) in [5.74, 6) is 1.02. The van der Waals surface area contributed by atoms with Crippen LogP contribution >= 0.6 is 27.7 Å². The number of carbonyl (C=O) groups is 1. The maximum Gasteiger partial charge on any atom is 0.250 e. The van der Waals surface area contributed by atoms with Crippen LogP contribution in [0.25, 0.3) is 0 Å². The lowest BCUT2D eigenvalue weighted by Crippen LogP contribution is -2.19. The number of halogens is 1. The highest BCUT2D eigenvalue weighted by molar-refractivity contribution is 9.10. The van der Waals surface area contributed by atoms with Crippen LogP contribution < -0.4 is 5.43 Å². The molecule has 2 rings (SSSR count). The molecule has 22 heavy (non-hydrogen) atoms. The number of aromatic hydroxyl groups is 1. The molecule has 2 aromatic rings. The topological polar surface area (TPSA) is 61.7 Å². The molecule has 0 bridgehead atoms. The largest absolute Gasteiger partial charge is 0.507 e. The normalized spacial score (nSPS) is 10.8. The second-order valence-corrected chi connectivity index (χ2v) is 6.28. The van der Waals surface area contributed by atoms with Crippen LogP contribution in [0.5, 0.6) is 5.75 Å². The van der Waals surface area contributed by atoms with Crippen molar-refractivity contribution in [2.45, 2.75) is 5.75 Å². The number of hydrazone groups is 1. The van der Waals surface area contributed by atoms with Gasteiger partial charge in [0.1, 0.15) is 5.75 Å². The summed E-state index contributed by atoms with van der Waals surface area (Å²) in [5, 5.41) is 13.4. The molecular formula is C16H15BrN2O2S. The van der Waals surface area contributed by atoms with E-state index in [9.17, 15) is 9.90 Å². The van der Waals surface area contributed by atoms with Gasteiger partial charge in [0.25, 0.3) is 0 Å². The van der Waals surface area contributed by atoms with Crippen LogP contribution in [0.4, 0.5) is 0 Å². The summed E-state index contributed by atoms with van der Waals surface area (Å²) in [4.78, 5) is 11.7. The number of phenols is 1. The Morgan fingerprint density at radius 1 is 1.23 bits per heavy atom. The van der Waals surface area contributed by atoms with Crippen LogP contribution in [0.15, 0.2) is 58.1 Å². The highest BCUT2D eigenvalue weighted by Crippen LogP contribution is 2.21. The molecule has 0 saturated heterocycles. The molecule has 1 amide bonds. The van der Waals surface area contributed by atoms with Crippen molar-refractivity contribution < 1.29 is 9.90 Å².